The summed E-state index contributed by atoms with van der Waals surface area (Å²) in [5.74, 6) is 1.28. The third kappa shape index (κ3) is 2.15. The Bertz CT molecular complexity index is 745. The number of halogens is 1. The summed E-state index contributed by atoms with van der Waals surface area (Å²) in [4.78, 5) is 15.4. The number of hydrogen-bond acceptors (Lipinski definition) is 4. The molecular weight excluding hydrogens is 348 g/mol. The number of hydrazine groups is 1. The Hall–Kier alpha value is -1.99. The number of benzene rings is 1. The summed E-state index contributed by atoms with van der Waals surface area (Å²) in [7, 11) is 1.73. The van der Waals surface area contributed by atoms with E-state index >= 15 is 0 Å². The number of thiocarbonyl (C=S) groups is 1. The van der Waals surface area contributed by atoms with E-state index in [0.29, 0.717) is 27.3 Å². The Balaban J connectivity index is 1.78. The summed E-state index contributed by atoms with van der Waals surface area (Å²) in [5.41, 5.74) is 1.39. The zero-order valence-corrected chi connectivity index (χ0v) is 14.9. The molecule has 2 fully saturated rings. The summed E-state index contributed by atoms with van der Waals surface area (Å²) >= 11 is 12.1. The Morgan fingerprint density at radius 1 is 1.21 bits per heavy atom. The lowest BCUT2D eigenvalue weighted by Gasteiger charge is -2.33. The van der Waals surface area contributed by atoms with Gasteiger partial charge in [0, 0.05) is 26.2 Å². The first-order valence-electron chi connectivity index (χ1n) is 7.80. The number of anilines is 2. The first-order valence-corrected chi connectivity index (χ1v) is 8.58. The summed E-state index contributed by atoms with van der Waals surface area (Å²) < 4.78 is 5.48. The molecule has 0 N–H and O–H groups in total. The average molecular weight is 365 g/mol. The van der Waals surface area contributed by atoms with Crippen molar-refractivity contribution in [3.05, 3.63) is 29.6 Å². The number of ether oxygens (including phenoxy) is 1. The smallest absolute Gasteiger partial charge is 0.264 e. The second-order valence-corrected chi connectivity index (χ2v) is 6.77. The highest BCUT2D eigenvalue weighted by molar-refractivity contribution is 7.80. The van der Waals surface area contributed by atoms with Gasteiger partial charge < -0.3 is 9.64 Å². The molecule has 2 saturated heterocycles. The molecule has 0 aromatic heterocycles. The van der Waals surface area contributed by atoms with Crippen LogP contribution in [0.2, 0.25) is 5.02 Å². The van der Waals surface area contributed by atoms with Crippen molar-refractivity contribution >= 4 is 46.2 Å². The Morgan fingerprint density at radius 3 is 2.62 bits per heavy atom. The van der Waals surface area contributed by atoms with E-state index in [1.165, 1.54) is 0 Å². The second kappa shape index (κ2) is 5.53. The molecule has 3 aliphatic rings. The van der Waals surface area contributed by atoms with Crippen LogP contribution < -0.4 is 14.5 Å². The quantitative estimate of drug-likeness (QED) is 0.713. The van der Waals surface area contributed by atoms with Gasteiger partial charge in [-0.3, -0.25) is 19.7 Å². The fourth-order valence-electron chi connectivity index (χ4n) is 3.27. The van der Waals surface area contributed by atoms with Crippen LogP contribution in [-0.2, 0) is 4.79 Å². The first kappa shape index (κ1) is 15.5. The van der Waals surface area contributed by atoms with Crippen LogP contribution in [0.25, 0.3) is 0 Å². The third-order valence-corrected chi connectivity index (χ3v) is 5.30. The molecule has 8 heteroatoms. The number of carbonyl (C=O) groups is 1. The molecule has 0 bridgehead atoms. The molecule has 1 amide bonds. The summed E-state index contributed by atoms with van der Waals surface area (Å²) in [5, 5.41) is 5.32. The predicted octanol–water partition coefficient (Wildman–Crippen LogP) is 2.58. The molecule has 0 saturated carbocycles. The molecule has 0 unspecified atom stereocenters. The molecule has 0 spiro atoms. The van der Waals surface area contributed by atoms with Crippen LogP contribution in [0.3, 0.4) is 0 Å². The van der Waals surface area contributed by atoms with Gasteiger partial charge in [0.25, 0.3) is 5.91 Å². The molecular formula is C16H17ClN4O2S. The fraction of sp³-hybridized carbons (Fsp3) is 0.375. The lowest BCUT2D eigenvalue weighted by Crippen LogP contribution is -2.42. The van der Waals surface area contributed by atoms with E-state index in [9.17, 15) is 4.79 Å². The molecule has 24 heavy (non-hydrogen) atoms. The highest BCUT2D eigenvalue weighted by atomic mass is 35.5. The van der Waals surface area contributed by atoms with E-state index in [0.717, 1.165) is 31.8 Å². The van der Waals surface area contributed by atoms with Gasteiger partial charge in [0.2, 0.25) is 5.11 Å². The summed E-state index contributed by atoms with van der Waals surface area (Å²) in [6, 6.07) is 3.57. The predicted molar refractivity (Wildman–Crippen MR) is 97.2 cm³/mol. The molecule has 0 atom stereocenters. The molecule has 1 aromatic rings. The molecule has 3 aliphatic heterocycles. The summed E-state index contributed by atoms with van der Waals surface area (Å²) in [6.45, 7) is 5.97. The maximum atomic E-state index is 11.9. The zero-order valence-electron chi connectivity index (χ0n) is 13.3. The number of nitrogens with zero attached hydrogens (tertiary/aromatic N) is 4. The Kier molecular flexibility index (Phi) is 3.58. The van der Waals surface area contributed by atoms with Crippen molar-refractivity contribution in [3.8, 4) is 5.75 Å². The van der Waals surface area contributed by atoms with Gasteiger partial charge in [-0.25, -0.2) is 0 Å². The van der Waals surface area contributed by atoms with E-state index in [2.05, 4.69) is 16.6 Å². The zero-order chi connectivity index (χ0) is 17.0. The minimum atomic E-state index is -0.0974. The molecule has 126 valence electrons. The molecule has 0 radical (unpaired) electrons. The van der Waals surface area contributed by atoms with Crippen molar-refractivity contribution in [2.75, 3.05) is 36.5 Å². The van der Waals surface area contributed by atoms with Gasteiger partial charge >= 0.3 is 0 Å². The molecule has 3 heterocycles. The third-order valence-electron chi connectivity index (χ3n) is 4.61. The van der Waals surface area contributed by atoms with Crippen LogP contribution in [0.1, 0.15) is 12.8 Å². The normalized spacial score (nSPS) is 20.3. The fourth-order valence-corrected chi connectivity index (χ4v) is 3.90. The van der Waals surface area contributed by atoms with Crippen molar-refractivity contribution in [3.63, 3.8) is 0 Å². The largest absolute Gasteiger partial charge is 0.482 e. The van der Waals surface area contributed by atoms with Gasteiger partial charge in [-0.05, 0) is 31.1 Å². The highest BCUT2D eigenvalue weighted by Crippen LogP contribution is 2.43. The topological polar surface area (TPSA) is 39.3 Å². The van der Waals surface area contributed by atoms with Crippen molar-refractivity contribution in [2.45, 2.75) is 12.8 Å². The van der Waals surface area contributed by atoms with Gasteiger partial charge in [0.1, 0.15) is 11.6 Å². The maximum Gasteiger partial charge on any atom is 0.264 e. The molecule has 4 rings (SSSR count). The summed E-state index contributed by atoms with van der Waals surface area (Å²) in [6.07, 6.45) is 2.20. The van der Waals surface area contributed by atoms with E-state index in [1.54, 1.807) is 18.0 Å². The average Bonchev–Trinajstić information content (AvgIpc) is 2.83. The van der Waals surface area contributed by atoms with Gasteiger partial charge in [-0.1, -0.05) is 18.2 Å². The lowest BCUT2D eigenvalue weighted by molar-refractivity contribution is -0.120. The van der Waals surface area contributed by atoms with E-state index in [-0.39, 0.29) is 12.5 Å². The van der Waals surface area contributed by atoms with Crippen molar-refractivity contribution in [1.82, 2.24) is 10.0 Å². The van der Waals surface area contributed by atoms with Crippen molar-refractivity contribution in [1.29, 1.82) is 0 Å². The van der Waals surface area contributed by atoms with Gasteiger partial charge in [0.15, 0.2) is 6.61 Å². The number of rotatable bonds is 1. The van der Waals surface area contributed by atoms with Gasteiger partial charge in [0.05, 0.1) is 16.4 Å². The van der Waals surface area contributed by atoms with Crippen LogP contribution in [0.4, 0.5) is 11.4 Å². The maximum absolute atomic E-state index is 11.9. The standard InChI is InChI=1S/C16H17ClN4O2S/c1-10-19-5-3-4-6-20(19)16(24)21(10)12-8-13-14(7-11(12)17)23-9-15(22)18(13)2/h7-8H,1,3-6,9H2,2H3. The highest BCUT2D eigenvalue weighted by Gasteiger charge is 2.39. The number of carbonyl (C=O) groups excluding carboxylic acids is 1. The number of hydrogen-bond donors (Lipinski definition) is 0. The van der Waals surface area contributed by atoms with Gasteiger partial charge in [-0.2, -0.15) is 0 Å². The Labute approximate surface area is 150 Å². The van der Waals surface area contributed by atoms with Crippen LogP contribution in [0.15, 0.2) is 24.5 Å². The molecule has 1 aromatic carbocycles. The monoisotopic (exact) mass is 364 g/mol. The number of amides is 1. The Morgan fingerprint density at radius 2 is 1.92 bits per heavy atom. The second-order valence-electron chi connectivity index (χ2n) is 6.00. The number of fused-ring (bicyclic) bond motifs is 2. The van der Waals surface area contributed by atoms with Gasteiger partial charge in [-0.15, -0.1) is 0 Å². The van der Waals surface area contributed by atoms with E-state index in [1.807, 2.05) is 11.0 Å². The van der Waals surface area contributed by atoms with Crippen LogP contribution in [0, 0.1) is 0 Å². The molecule has 0 aliphatic carbocycles. The van der Waals surface area contributed by atoms with Crippen LogP contribution in [-0.4, -0.2) is 47.8 Å². The SMILES string of the molecule is C=C1N(c2cc3c(cc2Cl)OCC(=O)N3C)C(=S)N2CCCCN12. The van der Waals surface area contributed by atoms with E-state index in [4.69, 9.17) is 28.6 Å². The van der Waals surface area contributed by atoms with Crippen LogP contribution >= 0.6 is 23.8 Å². The first-order chi connectivity index (χ1) is 11.5. The number of likely N-dealkylation sites (N-methyl/N-ethyl adjacent to an activating group) is 1. The lowest BCUT2D eigenvalue weighted by atomic mass is 10.2. The van der Waals surface area contributed by atoms with E-state index < -0.39 is 0 Å². The van der Waals surface area contributed by atoms with Crippen LogP contribution in [0.5, 0.6) is 5.75 Å². The minimum absolute atomic E-state index is 0.0234. The minimum Gasteiger partial charge on any atom is -0.482 e. The van der Waals surface area contributed by atoms with Crippen molar-refractivity contribution in [2.24, 2.45) is 0 Å². The molecule has 6 nitrogen and oxygen atoms in total. The van der Waals surface area contributed by atoms with Crippen molar-refractivity contribution < 1.29 is 9.53 Å².